The van der Waals surface area contributed by atoms with Gasteiger partial charge in [-0.2, -0.15) is 13.1 Å². The van der Waals surface area contributed by atoms with Gasteiger partial charge in [0.1, 0.15) is 4.90 Å². The molecule has 0 fully saturated rings. The van der Waals surface area contributed by atoms with Crippen molar-refractivity contribution in [3.05, 3.63) is 54.6 Å². The van der Waals surface area contributed by atoms with Crippen molar-refractivity contribution in [3.63, 3.8) is 0 Å². The van der Waals surface area contributed by atoms with E-state index in [9.17, 15) is 16.8 Å². The molecule has 1 aliphatic rings. The minimum Gasteiger partial charge on any atom is -0.280 e. The number of anilines is 1. The molecule has 3 N–H and O–H groups in total. The lowest BCUT2D eigenvalue weighted by Crippen LogP contribution is -2.72. The van der Waals surface area contributed by atoms with E-state index in [-0.39, 0.29) is 15.5 Å². The van der Waals surface area contributed by atoms with Crippen molar-refractivity contribution in [1.29, 1.82) is 0 Å². The quantitative estimate of drug-likeness (QED) is 0.681. The number of hydrogen-bond acceptors (Lipinski definition) is 4. The smallest absolute Gasteiger partial charge is 0.280 e. The van der Waals surface area contributed by atoms with Gasteiger partial charge < -0.3 is 0 Å². The summed E-state index contributed by atoms with van der Waals surface area (Å²) in [6.45, 7) is 0.731. The molecule has 0 atom stereocenters. The molecule has 0 radical (unpaired) electrons. The third-order valence-corrected chi connectivity index (χ3v) is 6.44. The Morgan fingerprint density at radius 1 is 0.800 bits per heavy atom. The number of hydrogen-bond donors (Lipinski definition) is 3. The SMILES string of the molecule is O=S(=O)(NC1=[NH+]CCC1)c1cccc(NS(=O)(=O)c2ccccc2)c1. The molecule has 0 aliphatic carbocycles. The summed E-state index contributed by atoms with van der Waals surface area (Å²) >= 11 is 0. The lowest BCUT2D eigenvalue weighted by atomic mass is 10.3. The van der Waals surface area contributed by atoms with Gasteiger partial charge in [-0.25, -0.2) is 8.42 Å². The standard InChI is InChI=1S/C16H17N3O4S2/c20-24(21,14-7-2-1-3-8-14)18-13-6-4-9-15(12-13)25(22,23)19-16-10-5-11-17-16/h1-4,6-9,12,18H,5,10-11H2,(H,17,19)/p+1. The van der Waals surface area contributed by atoms with Crippen molar-refractivity contribution < 1.29 is 21.8 Å². The Morgan fingerprint density at radius 3 is 2.16 bits per heavy atom. The highest BCUT2D eigenvalue weighted by atomic mass is 32.2. The van der Waals surface area contributed by atoms with Crippen LogP contribution in [0.2, 0.25) is 0 Å². The summed E-state index contributed by atoms with van der Waals surface area (Å²) in [4.78, 5) is 3.06. The largest absolute Gasteiger partial charge is 0.328 e. The van der Waals surface area contributed by atoms with Crippen LogP contribution in [0.3, 0.4) is 0 Å². The summed E-state index contributed by atoms with van der Waals surface area (Å²) in [6, 6.07) is 13.6. The molecule has 0 saturated carbocycles. The van der Waals surface area contributed by atoms with E-state index in [0.717, 1.165) is 13.0 Å². The van der Waals surface area contributed by atoms with Gasteiger partial charge in [-0.3, -0.25) is 9.71 Å². The lowest BCUT2D eigenvalue weighted by Gasteiger charge is -2.09. The van der Waals surface area contributed by atoms with Crippen molar-refractivity contribution in [2.45, 2.75) is 22.6 Å². The summed E-state index contributed by atoms with van der Waals surface area (Å²) in [6.07, 6.45) is 1.51. The Kier molecular flexibility index (Phi) is 4.78. The predicted molar refractivity (Wildman–Crippen MR) is 94.1 cm³/mol. The van der Waals surface area contributed by atoms with Crippen molar-refractivity contribution >= 4 is 31.6 Å². The van der Waals surface area contributed by atoms with Crippen LogP contribution in [0.15, 0.2) is 64.4 Å². The Balaban J connectivity index is 1.84. The Bertz CT molecular complexity index is 1000. The van der Waals surface area contributed by atoms with Crippen LogP contribution in [0.25, 0.3) is 0 Å². The van der Waals surface area contributed by atoms with Crippen LogP contribution in [0.5, 0.6) is 0 Å². The molecule has 0 aromatic heterocycles. The summed E-state index contributed by atoms with van der Waals surface area (Å²) in [5.74, 6) is 0.551. The Morgan fingerprint density at radius 2 is 1.48 bits per heavy atom. The van der Waals surface area contributed by atoms with Gasteiger partial charge in [0.2, 0.25) is 0 Å². The van der Waals surface area contributed by atoms with Gasteiger partial charge in [-0.05, 0) is 36.8 Å². The third kappa shape index (κ3) is 4.18. The first-order valence-electron chi connectivity index (χ1n) is 7.67. The van der Waals surface area contributed by atoms with Crippen molar-refractivity contribution in [1.82, 2.24) is 4.72 Å². The summed E-state index contributed by atoms with van der Waals surface area (Å²) in [5.41, 5.74) is 0.177. The van der Waals surface area contributed by atoms with Crippen LogP contribution in [-0.2, 0) is 20.0 Å². The van der Waals surface area contributed by atoms with Gasteiger partial charge in [-0.15, -0.1) is 0 Å². The number of nitrogens with one attached hydrogen (secondary N) is 3. The van der Waals surface area contributed by atoms with Crippen molar-refractivity contribution in [2.24, 2.45) is 0 Å². The highest BCUT2D eigenvalue weighted by Gasteiger charge is 2.25. The fraction of sp³-hybridized carbons (Fsp3) is 0.188. The fourth-order valence-electron chi connectivity index (χ4n) is 2.44. The second-order valence-electron chi connectivity index (χ2n) is 5.56. The minimum absolute atomic E-state index is 0.0121. The van der Waals surface area contributed by atoms with E-state index < -0.39 is 20.0 Å². The van der Waals surface area contributed by atoms with Crippen molar-refractivity contribution in [2.75, 3.05) is 11.3 Å². The molecule has 0 amide bonds. The van der Waals surface area contributed by atoms with Crippen LogP contribution >= 0.6 is 0 Å². The van der Waals surface area contributed by atoms with Gasteiger partial charge in [0.05, 0.1) is 23.5 Å². The van der Waals surface area contributed by atoms with Gasteiger partial charge in [0, 0.05) is 0 Å². The first kappa shape index (κ1) is 17.4. The molecule has 1 aliphatic heterocycles. The molecule has 0 bridgehead atoms. The molecule has 9 heteroatoms. The van der Waals surface area contributed by atoms with Gasteiger partial charge in [-0.1, -0.05) is 24.3 Å². The minimum atomic E-state index is -3.78. The molecule has 132 valence electrons. The second-order valence-corrected chi connectivity index (χ2v) is 8.93. The molecule has 0 saturated heterocycles. The van der Waals surface area contributed by atoms with E-state index in [1.165, 1.54) is 36.4 Å². The molecular formula is C16H18N3O4S2+. The van der Waals surface area contributed by atoms with Crippen LogP contribution in [0.4, 0.5) is 5.69 Å². The molecule has 2 aromatic rings. The lowest BCUT2D eigenvalue weighted by molar-refractivity contribution is -0.448. The summed E-state index contributed by atoms with van der Waals surface area (Å²) in [5, 5.41) is 0. The van der Waals surface area contributed by atoms with E-state index in [2.05, 4.69) is 14.4 Å². The maximum atomic E-state index is 12.4. The molecule has 25 heavy (non-hydrogen) atoms. The maximum Gasteiger partial charge on any atom is 0.328 e. The van der Waals surface area contributed by atoms with Crippen LogP contribution in [0.1, 0.15) is 12.8 Å². The normalized spacial score (nSPS) is 14.8. The fourth-order valence-corrected chi connectivity index (χ4v) is 4.67. The van der Waals surface area contributed by atoms with E-state index in [1.807, 2.05) is 0 Å². The molecule has 0 spiro atoms. The highest BCUT2D eigenvalue weighted by molar-refractivity contribution is 7.92. The second kappa shape index (κ2) is 6.85. The Hall–Kier alpha value is -2.39. The number of sulfonamides is 2. The average molecular weight is 380 g/mol. The molecule has 3 rings (SSSR count). The van der Waals surface area contributed by atoms with Gasteiger partial charge >= 0.3 is 10.0 Å². The zero-order valence-electron chi connectivity index (χ0n) is 13.3. The predicted octanol–water partition coefficient (Wildman–Crippen LogP) is 0.0386. The Labute approximate surface area is 146 Å². The molecule has 7 nitrogen and oxygen atoms in total. The maximum absolute atomic E-state index is 12.4. The number of benzene rings is 2. The van der Waals surface area contributed by atoms with Gasteiger partial charge in [0.15, 0.2) is 0 Å². The zero-order chi connectivity index (χ0) is 17.9. The van der Waals surface area contributed by atoms with E-state index in [0.29, 0.717) is 12.3 Å². The van der Waals surface area contributed by atoms with E-state index in [4.69, 9.17) is 0 Å². The summed E-state index contributed by atoms with van der Waals surface area (Å²) < 4.78 is 54.4. The van der Waals surface area contributed by atoms with Crippen molar-refractivity contribution in [3.8, 4) is 0 Å². The molecular weight excluding hydrogens is 362 g/mol. The van der Waals surface area contributed by atoms with Crippen LogP contribution in [-0.4, -0.2) is 29.2 Å². The molecule has 2 aromatic carbocycles. The number of rotatable bonds is 5. The first-order chi connectivity index (χ1) is 11.9. The van der Waals surface area contributed by atoms with Gasteiger partial charge in [0.25, 0.3) is 15.9 Å². The molecule has 1 heterocycles. The number of amidine groups is 1. The topological polar surface area (TPSA) is 106 Å². The van der Waals surface area contributed by atoms with E-state index in [1.54, 1.807) is 18.2 Å². The van der Waals surface area contributed by atoms with Crippen LogP contribution in [0, 0.1) is 0 Å². The molecule has 0 unspecified atom stereocenters. The zero-order valence-corrected chi connectivity index (χ0v) is 14.9. The third-order valence-electron chi connectivity index (χ3n) is 3.65. The average Bonchev–Trinajstić information content (AvgIpc) is 3.08. The monoisotopic (exact) mass is 380 g/mol. The highest BCUT2D eigenvalue weighted by Crippen LogP contribution is 2.19. The van der Waals surface area contributed by atoms with Crippen LogP contribution < -0.4 is 14.4 Å². The summed E-state index contributed by atoms with van der Waals surface area (Å²) in [7, 11) is -7.55. The van der Waals surface area contributed by atoms with E-state index >= 15 is 0 Å². The first-order valence-corrected chi connectivity index (χ1v) is 10.6.